The van der Waals surface area contributed by atoms with Crippen molar-refractivity contribution < 1.29 is 9.59 Å². The van der Waals surface area contributed by atoms with Crippen LogP contribution >= 0.6 is 0 Å². The fourth-order valence-corrected chi connectivity index (χ4v) is 3.31. The van der Waals surface area contributed by atoms with Crippen LogP contribution in [0, 0.1) is 19.3 Å². The van der Waals surface area contributed by atoms with E-state index in [0.717, 1.165) is 27.6 Å². The minimum Gasteiger partial charge on any atom is -0.361 e. The Morgan fingerprint density at radius 3 is 2.39 bits per heavy atom. The summed E-state index contributed by atoms with van der Waals surface area (Å²) < 4.78 is 0. The quantitative estimate of drug-likeness (QED) is 0.566. The molecular formula is C23H27N3O2. The highest BCUT2D eigenvalue weighted by Gasteiger charge is 2.35. The number of amides is 2. The number of para-hydroxylation sites is 1. The summed E-state index contributed by atoms with van der Waals surface area (Å²) in [6.45, 7) is 7.72. The molecule has 0 aliphatic carbocycles. The molecule has 0 aliphatic heterocycles. The number of hydrogen-bond donors (Lipinski definition) is 3. The van der Waals surface area contributed by atoms with Gasteiger partial charge in [-0.15, -0.1) is 0 Å². The van der Waals surface area contributed by atoms with E-state index < -0.39 is 5.41 Å². The van der Waals surface area contributed by atoms with Gasteiger partial charge in [-0.05, 0) is 69.0 Å². The van der Waals surface area contributed by atoms with Gasteiger partial charge in [0.1, 0.15) is 5.41 Å². The van der Waals surface area contributed by atoms with Gasteiger partial charge in [0.2, 0.25) is 11.8 Å². The van der Waals surface area contributed by atoms with Gasteiger partial charge in [0.15, 0.2) is 0 Å². The molecule has 1 heterocycles. The zero-order chi connectivity index (χ0) is 20.3. The lowest BCUT2D eigenvalue weighted by molar-refractivity contribution is -0.138. The molecule has 0 radical (unpaired) electrons. The Labute approximate surface area is 165 Å². The summed E-state index contributed by atoms with van der Waals surface area (Å²) in [4.78, 5) is 28.6. The number of anilines is 1. The van der Waals surface area contributed by atoms with Crippen molar-refractivity contribution in [3.63, 3.8) is 0 Å². The van der Waals surface area contributed by atoms with Crippen molar-refractivity contribution in [3.05, 3.63) is 65.4 Å². The highest BCUT2D eigenvalue weighted by Crippen LogP contribution is 2.21. The van der Waals surface area contributed by atoms with Crippen LogP contribution in [0.5, 0.6) is 0 Å². The van der Waals surface area contributed by atoms with Gasteiger partial charge in [0.25, 0.3) is 0 Å². The highest BCUT2D eigenvalue weighted by atomic mass is 16.2. The standard InChI is InChI=1S/C23H27N3O2/c1-15-11-16(2)13-18(12-15)26-22(28)23(3,4)21(27)24-10-9-17-14-25-20-8-6-5-7-19(17)20/h5-8,11-14,25H,9-10H2,1-4H3,(H,24,27)(H,26,28). The van der Waals surface area contributed by atoms with Crippen LogP contribution in [-0.4, -0.2) is 23.3 Å². The van der Waals surface area contributed by atoms with E-state index >= 15 is 0 Å². The van der Waals surface area contributed by atoms with Crippen LogP contribution in [0.4, 0.5) is 5.69 Å². The van der Waals surface area contributed by atoms with Crippen LogP contribution in [0.15, 0.2) is 48.7 Å². The number of carbonyl (C=O) groups is 2. The Kier molecular flexibility index (Phi) is 5.54. The number of aromatic nitrogens is 1. The summed E-state index contributed by atoms with van der Waals surface area (Å²) in [7, 11) is 0. The normalized spacial score (nSPS) is 11.4. The van der Waals surface area contributed by atoms with Crippen molar-refractivity contribution in [1.29, 1.82) is 0 Å². The first-order valence-electron chi connectivity index (χ1n) is 9.50. The van der Waals surface area contributed by atoms with Crippen LogP contribution in [-0.2, 0) is 16.0 Å². The average molecular weight is 377 g/mol. The predicted molar refractivity (Wildman–Crippen MR) is 113 cm³/mol. The van der Waals surface area contributed by atoms with Gasteiger partial charge in [-0.25, -0.2) is 0 Å². The van der Waals surface area contributed by atoms with Crippen molar-refractivity contribution in [2.75, 3.05) is 11.9 Å². The lowest BCUT2D eigenvalue weighted by Crippen LogP contribution is -2.45. The molecule has 0 bridgehead atoms. The van der Waals surface area contributed by atoms with E-state index in [1.807, 2.05) is 56.4 Å². The topological polar surface area (TPSA) is 74.0 Å². The molecule has 0 fully saturated rings. The van der Waals surface area contributed by atoms with E-state index in [2.05, 4.69) is 21.7 Å². The summed E-state index contributed by atoms with van der Waals surface area (Å²) in [6, 6.07) is 13.9. The number of rotatable bonds is 6. The number of hydrogen-bond acceptors (Lipinski definition) is 2. The van der Waals surface area contributed by atoms with E-state index in [1.165, 1.54) is 0 Å². The molecule has 0 saturated heterocycles. The highest BCUT2D eigenvalue weighted by molar-refractivity contribution is 6.09. The average Bonchev–Trinajstić information content (AvgIpc) is 3.04. The van der Waals surface area contributed by atoms with Gasteiger partial charge >= 0.3 is 0 Å². The molecule has 146 valence electrons. The second-order valence-corrected chi connectivity index (χ2v) is 7.82. The fourth-order valence-electron chi connectivity index (χ4n) is 3.31. The van der Waals surface area contributed by atoms with Gasteiger partial charge in [-0.2, -0.15) is 0 Å². The number of nitrogens with one attached hydrogen (secondary N) is 3. The van der Waals surface area contributed by atoms with E-state index in [9.17, 15) is 9.59 Å². The molecule has 0 atom stereocenters. The third-order valence-electron chi connectivity index (χ3n) is 4.97. The first-order valence-corrected chi connectivity index (χ1v) is 9.50. The first-order chi connectivity index (χ1) is 13.3. The van der Waals surface area contributed by atoms with Gasteiger partial charge in [0.05, 0.1) is 0 Å². The lowest BCUT2D eigenvalue weighted by atomic mass is 9.90. The molecule has 5 heteroatoms. The molecule has 0 unspecified atom stereocenters. The van der Waals surface area contributed by atoms with Gasteiger partial charge in [0, 0.05) is 29.3 Å². The van der Waals surface area contributed by atoms with Crippen molar-refractivity contribution >= 4 is 28.4 Å². The summed E-state index contributed by atoms with van der Waals surface area (Å²) in [5.74, 6) is -0.601. The number of benzene rings is 2. The third-order valence-corrected chi connectivity index (χ3v) is 4.97. The number of fused-ring (bicyclic) bond motifs is 1. The molecule has 3 rings (SSSR count). The molecular weight excluding hydrogens is 350 g/mol. The zero-order valence-corrected chi connectivity index (χ0v) is 16.8. The van der Waals surface area contributed by atoms with E-state index in [0.29, 0.717) is 18.7 Å². The maximum absolute atomic E-state index is 12.7. The monoisotopic (exact) mass is 377 g/mol. The van der Waals surface area contributed by atoms with E-state index in [-0.39, 0.29) is 11.8 Å². The maximum Gasteiger partial charge on any atom is 0.239 e. The molecule has 0 saturated carbocycles. The lowest BCUT2D eigenvalue weighted by Gasteiger charge is -2.23. The fraction of sp³-hybridized carbons (Fsp3) is 0.304. The van der Waals surface area contributed by atoms with Gasteiger partial charge in [-0.1, -0.05) is 24.3 Å². The smallest absolute Gasteiger partial charge is 0.239 e. The third kappa shape index (κ3) is 4.25. The largest absolute Gasteiger partial charge is 0.361 e. The van der Waals surface area contributed by atoms with Crippen molar-refractivity contribution in [2.24, 2.45) is 5.41 Å². The van der Waals surface area contributed by atoms with Crippen LogP contribution in [0.2, 0.25) is 0 Å². The Balaban J connectivity index is 1.59. The molecule has 2 aromatic carbocycles. The molecule has 5 nitrogen and oxygen atoms in total. The van der Waals surface area contributed by atoms with Crippen LogP contribution in [0.3, 0.4) is 0 Å². The molecule has 3 N–H and O–H groups in total. The van der Waals surface area contributed by atoms with Crippen LogP contribution in [0.1, 0.15) is 30.5 Å². The van der Waals surface area contributed by atoms with Crippen LogP contribution < -0.4 is 10.6 Å². The second kappa shape index (κ2) is 7.89. The Morgan fingerprint density at radius 2 is 1.68 bits per heavy atom. The zero-order valence-electron chi connectivity index (χ0n) is 16.8. The first kappa shape index (κ1) is 19.7. The predicted octanol–water partition coefficient (Wildman–Crippen LogP) is 4.11. The number of aromatic amines is 1. The number of H-pyrrole nitrogens is 1. The Morgan fingerprint density at radius 1 is 1.00 bits per heavy atom. The number of carbonyl (C=O) groups excluding carboxylic acids is 2. The molecule has 0 spiro atoms. The Bertz CT molecular complexity index is 997. The minimum atomic E-state index is -1.17. The molecule has 28 heavy (non-hydrogen) atoms. The number of aryl methyl sites for hydroxylation is 2. The van der Waals surface area contributed by atoms with E-state index in [1.54, 1.807) is 13.8 Å². The van der Waals surface area contributed by atoms with Gasteiger partial charge in [-0.3, -0.25) is 9.59 Å². The van der Waals surface area contributed by atoms with Crippen molar-refractivity contribution in [1.82, 2.24) is 10.3 Å². The molecule has 3 aromatic rings. The molecule has 0 aliphatic rings. The minimum absolute atomic E-state index is 0.283. The van der Waals surface area contributed by atoms with Gasteiger partial charge < -0.3 is 15.6 Å². The molecule has 2 amide bonds. The maximum atomic E-state index is 12.7. The van der Waals surface area contributed by atoms with Crippen molar-refractivity contribution in [3.8, 4) is 0 Å². The van der Waals surface area contributed by atoms with Crippen LogP contribution in [0.25, 0.3) is 10.9 Å². The summed E-state index contributed by atoms with van der Waals surface area (Å²) in [5.41, 5.74) is 3.90. The Hall–Kier alpha value is -3.08. The summed E-state index contributed by atoms with van der Waals surface area (Å²) in [5, 5.41) is 6.93. The van der Waals surface area contributed by atoms with Crippen molar-refractivity contribution in [2.45, 2.75) is 34.1 Å². The summed E-state index contributed by atoms with van der Waals surface area (Å²) >= 11 is 0. The second-order valence-electron chi connectivity index (χ2n) is 7.82. The molecule has 1 aromatic heterocycles. The van der Waals surface area contributed by atoms with E-state index in [4.69, 9.17) is 0 Å². The summed E-state index contributed by atoms with van der Waals surface area (Å²) in [6.07, 6.45) is 2.67. The SMILES string of the molecule is Cc1cc(C)cc(NC(=O)C(C)(C)C(=O)NCCc2c[nH]c3ccccc23)c1.